The van der Waals surface area contributed by atoms with Gasteiger partial charge in [0, 0.05) is 13.2 Å². The molecule has 1 aliphatic rings. The van der Waals surface area contributed by atoms with Crippen LogP contribution in [0.3, 0.4) is 0 Å². The third-order valence-electron chi connectivity index (χ3n) is 2.51. The molecule has 0 aromatic carbocycles. The molecule has 0 radical (unpaired) electrons. The molecule has 0 atom stereocenters. The summed E-state index contributed by atoms with van der Waals surface area (Å²) in [4.78, 5) is 0. The number of rotatable bonds is 3. The van der Waals surface area contributed by atoms with Crippen LogP contribution in [0.5, 0.6) is 0 Å². The molecule has 0 spiro atoms. The summed E-state index contributed by atoms with van der Waals surface area (Å²) in [5.41, 5.74) is -0.119. The summed E-state index contributed by atoms with van der Waals surface area (Å²) in [6.45, 7) is 5.15. The maximum absolute atomic E-state index is 9.03. The number of allylic oxidation sites excluding steroid dienone is 1. The van der Waals surface area contributed by atoms with Gasteiger partial charge in [-0.2, -0.15) is 5.26 Å². The van der Waals surface area contributed by atoms with E-state index in [4.69, 9.17) is 10.00 Å². The zero-order valence-corrected chi connectivity index (χ0v) is 7.38. The molecule has 12 heavy (non-hydrogen) atoms. The predicted molar refractivity (Wildman–Crippen MR) is 47.5 cm³/mol. The first-order valence-corrected chi connectivity index (χ1v) is 4.43. The van der Waals surface area contributed by atoms with Crippen molar-refractivity contribution >= 4 is 0 Å². The summed E-state index contributed by atoms with van der Waals surface area (Å²) in [6, 6.07) is 2.42. The van der Waals surface area contributed by atoms with Crippen LogP contribution in [-0.4, -0.2) is 13.2 Å². The minimum absolute atomic E-state index is 0.119. The fourth-order valence-electron chi connectivity index (χ4n) is 1.56. The monoisotopic (exact) mass is 165 g/mol. The van der Waals surface area contributed by atoms with Crippen LogP contribution in [0.4, 0.5) is 0 Å². The van der Waals surface area contributed by atoms with Crippen LogP contribution in [-0.2, 0) is 4.74 Å². The van der Waals surface area contributed by atoms with Gasteiger partial charge in [-0.15, -0.1) is 6.58 Å². The van der Waals surface area contributed by atoms with Crippen molar-refractivity contribution in [1.82, 2.24) is 0 Å². The average Bonchev–Trinajstić information content (AvgIpc) is 2.16. The molecular formula is C10H15NO. The largest absolute Gasteiger partial charge is 0.381 e. The van der Waals surface area contributed by atoms with Gasteiger partial charge in [-0.3, -0.25) is 0 Å². The Hall–Kier alpha value is -0.810. The lowest BCUT2D eigenvalue weighted by atomic mass is 9.78. The van der Waals surface area contributed by atoms with Gasteiger partial charge in [0.1, 0.15) is 0 Å². The van der Waals surface area contributed by atoms with E-state index in [1.807, 2.05) is 6.08 Å². The first kappa shape index (κ1) is 9.28. The molecule has 0 aromatic rings. The van der Waals surface area contributed by atoms with Crippen LogP contribution in [0.1, 0.15) is 25.7 Å². The zero-order chi connectivity index (χ0) is 8.86. The van der Waals surface area contributed by atoms with E-state index in [9.17, 15) is 0 Å². The maximum Gasteiger partial charge on any atom is 0.0691 e. The first-order valence-electron chi connectivity index (χ1n) is 4.43. The second kappa shape index (κ2) is 4.27. The Balaban J connectivity index is 2.49. The van der Waals surface area contributed by atoms with Crippen molar-refractivity contribution in [2.24, 2.45) is 5.41 Å². The molecule has 1 heterocycles. The molecule has 1 fully saturated rings. The van der Waals surface area contributed by atoms with Gasteiger partial charge in [0.25, 0.3) is 0 Å². The minimum Gasteiger partial charge on any atom is -0.381 e. The zero-order valence-electron chi connectivity index (χ0n) is 7.38. The fourth-order valence-corrected chi connectivity index (χ4v) is 1.56. The minimum atomic E-state index is -0.119. The molecule has 1 rings (SSSR count). The molecule has 0 N–H and O–H groups in total. The SMILES string of the molecule is C=CCCC1(C#N)CCOCC1. The molecular weight excluding hydrogens is 150 g/mol. The van der Waals surface area contributed by atoms with E-state index in [0.717, 1.165) is 38.9 Å². The van der Waals surface area contributed by atoms with E-state index in [2.05, 4.69) is 12.6 Å². The third kappa shape index (κ3) is 2.09. The van der Waals surface area contributed by atoms with Crippen LogP contribution >= 0.6 is 0 Å². The van der Waals surface area contributed by atoms with E-state index >= 15 is 0 Å². The third-order valence-corrected chi connectivity index (χ3v) is 2.51. The molecule has 1 saturated heterocycles. The van der Waals surface area contributed by atoms with Gasteiger partial charge < -0.3 is 4.74 Å². The lowest BCUT2D eigenvalue weighted by Gasteiger charge is -2.30. The standard InChI is InChI=1S/C10H15NO/c1-2-3-4-10(9-11)5-7-12-8-6-10/h2H,1,3-8H2. The van der Waals surface area contributed by atoms with Gasteiger partial charge in [-0.05, 0) is 25.7 Å². The van der Waals surface area contributed by atoms with Crippen molar-refractivity contribution < 1.29 is 4.74 Å². The van der Waals surface area contributed by atoms with Gasteiger partial charge >= 0.3 is 0 Å². The summed E-state index contributed by atoms with van der Waals surface area (Å²) < 4.78 is 5.23. The Morgan fingerprint density at radius 1 is 1.50 bits per heavy atom. The molecule has 0 bridgehead atoms. The number of nitriles is 1. The topological polar surface area (TPSA) is 33.0 Å². The van der Waals surface area contributed by atoms with Gasteiger partial charge in [0.2, 0.25) is 0 Å². The molecule has 0 saturated carbocycles. The van der Waals surface area contributed by atoms with Crippen LogP contribution in [0, 0.1) is 16.7 Å². The van der Waals surface area contributed by atoms with E-state index < -0.39 is 0 Å². The second-order valence-electron chi connectivity index (χ2n) is 3.33. The molecule has 0 aliphatic carbocycles. The number of nitrogens with zero attached hydrogens (tertiary/aromatic N) is 1. The van der Waals surface area contributed by atoms with Gasteiger partial charge in [0.15, 0.2) is 0 Å². The van der Waals surface area contributed by atoms with E-state index in [1.165, 1.54) is 0 Å². The highest BCUT2D eigenvalue weighted by Gasteiger charge is 2.31. The van der Waals surface area contributed by atoms with Gasteiger partial charge in [-0.25, -0.2) is 0 Å². The van der Waals surface area contributed by atoms with E-state index in [0.29, 0.717) is 0 Å². The smallest absolute Gasteiger partial charge is 0.0691 e. The Kier molecular flexibility index (Phi) is 3.31. The lowest BCUT2D eigenvalue weighted by molar-refractivity contribution is 0.0374. The maximum atomic E-state index is 9.03. The molecule has 2 nitrogen and oxygen atoms in total. The second-order valence-corrected chi connectivity index (χ2v) is 3.33. The van der Waals surface area contributed by atoms with Crippen LogP contribution in [0.25, 0.3) is 0 Å². The van der Waals surface area contributed by atoms with Crippen molar-refractivity contribution in [2.45, 2.75) is 25.7 Å². The highest BCUT2D eigenvalue weighted by atomic mass is 16.5. The lowest BCUT2D eigenvalue weighted by Crippen LogP contribution is -2.27. The Bertz CT molecular complexity index is 187. The van der Waals surface area contributed by atoms with Crippen molar-refractivity contribution in [3.05, 3.63) is 12.7 Å². The quantitative estimate of drug-likeness (QED) is 0.601. The van der Waals surface area contributed by atoms with E-state index in [-0.39, 0.29) is 5.41 Å². The van der Waals surface area contributed by atoms with Crippen molar-refractivity contribution in [3.63, 3.8) is 0 Å². The van der Waals surface area contributed by atoms with Crippen molar-refractivity contribution in [2.75, 3.05) is 13.2 Å². The molecule has 0 aromatic heterocycles. The van der Waals surface area contributed by atoms with Crippen molar-refractivity contribution in [1.29, 1.82) is 5.26 Å². The summed E-state index contributed by atoms with van der Waals surface area (Å²) >= 11 is 0. The highest BCUT2D eigenvalue weighted by molar-refractivity contribution is 5.00. The van der Waals surface area contributed by atoms with Gasteiger partial charge in [-0.1, -0.05) is 6.08 Å². The average molecular weight is 165 g/mol. The number of hydrogen-bond donors (Lipinski definition) is 0. The molecule has 0 amide bonds. The molecule has 2 heteroatoms. The fraction of sp³-hybridized carbons (Fsp3) is 0.700. The Morgan fingerprint density at radius 3 is 2.67 bits per heavy atom. The predicted octanol–water partition coefficient (Wildman–Crippen LogP) is 2.27. The summed E-state index contributed by atoms with van der Waals surface area (Å²) in [7, 11) is 0. The summed E-state index contributed by atoms with van der Waals surface area (Å²) in [5, 5.41) is 9.03. The highest BCUT2D eigenvalue weighted by Crippen LogP contribution is 2.34. The first-order chi connectivity index (χ1) is 5.83. The molecule has 0 unspecified atom stereocenters. The molecule has 1 aliphatic heterocycles. The van der Waals surface area contributed by atoms with Crippen molar-refractivity contribution in [3.8, 4) is 6.07 Å². The van der Waals surface area contributed by atoms with Gasteiger partial charge in [0.05, 0.1) is 11.5 Å². The summed E-state index contributed by atoms with van der Waals surface area (Å²) in [6.07, 6.45) is 5.53. The Morgan fingerprint density at radius 2 is 2.17 bits per heavy atom. The number of ether oxygens (including phenoxy) is 1. The van der Waals surface area contributed by atoms with Crippen LogP contribution in [0.2, 0.25) is 0 Å². The molecule has 66 valence electrons. The Labute approximate surface area is 73.8 Å². The van der Waals surface area contributed by atoms with Crippen LogP contribution < -0.4 is 0 Å². The van der Waals surface area contributed by atoms with E-state index in [1.54, 1.807) is 0 Å². The number of hydrogen-bond acceptors (Lipinski definition) is 2. The normalized spacial score (nSPS) is 21.2. The summed E-state index contributed by atoms with van der Waals surface area (Å²) in [5.74, 6) is 0. The van der Waals surface area contributed by atoms with Crippen LogP contribution in [0.15, 0.2) is 12.7 Å².